The van der Waals surface area contributed by atoms with Crippen LogP contribution in [-0.2, 0) is 17.7 Å². The SMILES string of the molecule is C[C@H]1COc2nc(CN3CCOCC3)c(Cc3ccc(F)cc3)cc2N1. The van der Waals surface area contributed by atoms with Crippen molar-refractivity contribution in [1.82, 2.24) is 9.88 Å². The summed E-state index contributed by atoms with van der Waals surface area (Å²) in [6.45, 7) is 6.81. The van der Waals surface area contributed by atoms with Gasteiger partial charge in [-0.25, -0.2) is 9.37 Å². The minimum atomic E-state index is -0.213. The Bertz CT molecular complexity index is 760. The molecule has 0 aliphatic carbocycles. The van der Waals surface area contributed by atoms with Crippen molar-refractivity contribution in [2.24, 2.45) is 0 Å². The van der Waals surface area contributed by atoms with Crippen LogP contribution in [0.3, 0.4) is 0 Å². The molecule has 1 atom stereocenters. The zero-order valence-corrected chi connectivity index (χ0v) is 15.0. The topological polar surface area (TPSA) is 46.6 Å². The zero-order valence-electron chi connectivity index (χ0n) is 15.0. The molecule has 0 amide bonds. The minimum absolute atomic E-state index is 0.213. The molecule has 1 N–H and O–H groups in total. The number of fused-ring (bicyclic) bond motifs is 1. The average molecular weight is 357 g/mol. The van der Waals surface area contributed by atoms with Crippen molar-refractivity contribution in [1.29, 1.82) is 0 Å². The van der Waals surface area contributed by atoms with Gasteiger partial charge in [-0.15, -0.1) is 0 Å². The largest absolute Gasteiger partial charge is 0.474 e. The Morgan fingerprint density at radius 2 is 2.00 bits per heavy atom. The van der Waals surface area contributed by atoms with Crippen molar-refractivity contribution in [2.75, 3.05) is 38.2 Å². The fourth-order valence-electron chi connectivity index (χ4n) is 3.38. The molecule has 0 unspecified atom stereocenters. The van der Waals surface area contributed by atoms with Gasteiger partial charge < -0.3 is 14.8 Å². The monoisotopic (exact) mass is 357 g/mol. The quantitative estimate of drug-likeness (QED) is 0.912. The number of hydrogen-bond donors (Lipinski definition) is 1. The molecule has 5 nitrogen and oxygen atoms in total. The molecule has 0 radical (unpaired) electrons. The first-order valence-electron chi connectivity index (χ1n) is 9.14. The molecule has 138 valence electrons. The summed E-state index contributed by atoms with van der Waals surface area (Å²) >= 11 is 0. The summed E-state index contributed by atoms with van der Waals surface area (Å²) in [5, 5.41) is 3.44. The molecule has 1 aromatic carbocycles. The summed E-state index contributed by atoms with van der Waals surface area (Å²) in [6.07, 6.45) is 0.719. The average Bonchev–Trinajstić information content (AvgIpc) is 2.65. The highest BCUT2D eigenvalue weighted by Crippen LogP contribution is 2.31. The lowest BCUT2D eigenvalue weighted by Crippen LogP contribution is -2.36. The van der Waals surface area contributed by atoms with E-state index in [2.05, 4.69) is 23.2 Å². The van der Waals surface area contributed by atoms with E-state index in [1.807, 2.05) is 12.1 Å². The number of morpholine rings is 1. The molecule has 2 aromatic rings. The number of hydrogen-bond acceptors (Lipinski definition) is 5. The third-order valence-corrected chi connectivity index (χ3v) is 4.81. The van der Waals surface area contributed by atoms with Gasteiger partial charge in [0.05, 0.1) is 30.6 Å². The third kappa shape index (κ3) is 3.97. The Hall–Kier alpha value is -2.18. The van der Waals surface area contributed by atoms with Gasteiger partial charge in [0, 0.05) is 19.6 Å². The number of nitrogens with one attached hydrogen (secondary N) is 1. The summed E-state index contributed by atoms with van der Waals surface area (Å²) in [5.74, 6) is 0.462. The molecule has 0 saturated carbocycles. The molecule has 1 fully saturated rings. The highest BCUT2D eigenvalue weighted by Gasteiger charge is 2.21. The molecular weight excluding hydrogens is 333 g/mol. The summed E-state index contributed by atoms with van der Waals surface area (Å²) in [6, 6.07) is 9.07. The van der Waals surface area contributed by atoms with E-state index in [1.165, 1.54) is 12.1 Å². The van der Waals surface area contributed by atoms with Gasteiger partial charge in [0.1, 0.15) is 12.4 Å². The lowest BCUT2D eigenvalue weighted by Gasteiger charge is -2.29. The van der Waals surface area contributed by atoms with Crippen LogP contribution in [0.5, 0.6) is 5.88 Å². The van der Waals surface area contributed by atoms with Crippen LogP contribution in [0.15, 0.2) is 30.3 Å². The number of benzene rings is 1. The summed E-state index contributed by atoms with van der Waals surface area (Å²) < 4.78 is 24.5. The van der Waals surface area contributed by atoms with Crippen molar-refractivity contribution in [3.63, 3.8) is 0 Å². The molecule has 6 heteroatoms. The van der Waals surface area contributed by atoms with Gasteiger partial charge in [-0.3, -0.25) is 4.90 Å². The first kappa shape index (κ1) is 17.2. The first-order chi connectivity index (χ1) is 12.7. The van der Waals surface area contributed by atoms with Crippen LogP contribution >= 0.6 is 0 Å². The second-order valence-electron chi connectivity index (χ2n) is 7.00. The maximum atomic E-state index is 13.2. The second-order valence-corrected chi connectivity index (χ2v) is 7.00. The third-order valence-electron chi connectivity index (χ3n) is 4.81. The standard InChI is InChI=1S/C20H24FN3O2/c1-14-13-26-20-18(22-14)11-16(10-15-2-4-17(21)5-3-15)19(23-20)12-24-6-8-25-9-7-24/h2-5,11,14,22H,6-10,12-13H2,1H3/t14-/m0/s1. The number of ether oxygens (including phenoxy) is 2. The molecule has 2 aliphatic heterocycles. The van der Waals surface area contributed by atoms with E-state index in [0.29, 0.717) is 12.5 Å². The molecule has 3 heterocycles. The van der Waals surface area contributed by atoms with E-state index in [-0.39, 0.29) is 11.9 Å². The molecule has 1 saturated heterocycles. The van der Waals surface area contributed by atoms with Gasteiger partial charge in [-0.2, -0.15) is 0 Å². The highest BCUT2D eigenvalue weighted by atomic mass is 19.1. The van der Waals surface area contributed by atoms with Gasteiger partial charge in [0.2, 0.25) is 5.88 Å². The second kappa shape index (κ2) is 7.60. The minimum Gasteiger partial charge on any atom is -0.474 e. The lowest BCUT2D eigenvalue weighted by atomic mass is 10.0. The van der Waals surface area contributed by atoms with E-state index in [9.17, 15) is 4.39 Å². The number of anilines is 1. The Morgan fingerprint density at radius 3 is 2.77 bits per heavy atom. The van der Waals surface area contributed by atoms with Gasteiger partial charge in [-0.05, 0) is 42.7 Å². The Labute approximate surface area is 153 Å². The van der Waals surface area contributed by atoms with E-state index in [4.69, 9.17) is 14.5 Å². The van der Waals surface area contributed by atoms with Crippen molar-refractivity contribution in [3.05, 3.63) is 53.0 Å². The molecular formula is C20H24FN3O2. The summed E-state index contributed by atoms with van der Waals surface area (Å²) in [5.41, 5.74) is 4.17. The lowest BCUT2D eigenvalue weighted by molar-refractivity contribution is 0.0334. The van der Waals surface area contributed by atoms with Gasteiger partial charge in [0.25, 0.3) is 0 Å². The number of pyridine rings is 1. The zero-order chi connectivity index (χ0) is 17.9. The molecule has 0 bridgehead atoms. The van der Waals surface area contributed by atoms with E-state index in [0.717, 1.165) is 61.8 Å². The maximum Gasteiger partial charge on any atom is 0.237 e. The van der Waals surface area contributed by atoms with Crippen molar-refractivity contribution in [3.8, 4) is 5.88 Å². The fraction of sp³-hybridized carbons (Fsp3) is 0.450. The van der Waals surface area contributed by atoms with Crippen LogP contribution in [0.1, 0.15) is 23.7 Å². The van der Waals surface area contributed by atoms with Crippen LogP contribution in [0.2, 0.25) is 0 Å². The van der Waals surface area contributed by atoms with E-state index in [1.54, 1.807) is 0 Å². The Morgan fingerprint density at radius 1 is 1.23 bits per heavy atom. The van der Waals surface area contributed by atoms with Crippen molar-refractivity contribution < 1.29 is 13.9 Å². The van der Waals surface area contributed by atoms with Crippen LogP contribution in [0.4, 0.5) is 10.1 Å². The predicted octanol–water partition coefficient (Wildman–Crippen LogP) is 2.84. The van der Waals surface area contributed by atoms with Crippen LogP contribution in [0.25, 0.3) is 0 Å². The summed E-state index contributed by atoms with van der Waals surface area (Å²) in [4.78, 5) is 7.17. The van der Waals surface area contributed by atoms with Gasteiger partial charge >= 0.3 is 0 Å². The number of halogens is 1. The molecule has 26 heavy (non-hydrogen) atoms. The molecule has 4 rings (SSSR count). The van der Waals surface area contributed by atoms with E-state index >= 15 is 0 Å². The molecule has 0 spiro atoms. The van der Waals surface area contributed by atoms with Gasteiger partial charge in [0.15, 0.2) is 0 Å². The van der Waals surface area contributed by atoms with Crippen LogP contribution < -0.4 is 10.1 Å². The van der Waals surface area contributed by atoms with E-state index < -0.39 is 0 Å². The highest BCUT2D eigenvalue weighted by molar-refractivity contribution is 5.58. The Balaban J connectivity index is 1.63. The van der Waals surface area contributed by atoms with Crippen molar-refractivity contribution >= 4 is 5.69 Å². The number of nitrogens with zero attached hydrogens (tertiary/aromatic N) is 2. The number of rotatable bonds is 4. The Kier molecular flexibility index (Phi) is 5.04. The van der Waals surface area contributed by atoms with Crippen molar-refractivity contribution in [2.45, 2.75) is 25.9 Å². The molecule has 1 aromatic heterocycles. The maximum absolute atomic E-state index is 13.2. The van der Waals surface area contributed by atoms with Crippen LogP contribution in [-0.4, -0.2) is 48.8 Å². The first-order valence-corrected chi connectivity index (χ1v) is 9.14. The smallest absolute Gasteiger partial charge is 0.237 e. The number of aromatic nitrogens is 1. The predicted molar refractivity (Wildman–Crippen MR) is 98.1 cm³/mol. The summed E-state index contributed by atoms with van der Waals surface area (Å²) in [7, 11) is 0. The molecule has 2 aliphatic rings. The normalized spacial score (nSPS) is 20.2. The van der Waals surface area contributed by atoms with Crippen LogP contribution in [0, 0.1) is 5.82 Å². The fourth-order valence-corrected chi connectivity index (χ4v) is 3.38. The van der Waals surface area contributed by atoms with Gasteiger partial charge in [-0.1, -0.05) is 12.1 Å².